The molecule has 0 radical (unpaired) electrons. The third-order valence-electron chi connectivity index (χ3n) is 2.28. The third-order valence-corrected chi connectivity index (χ3v) is 3.17. The van der Waals surface area contributed by atoms with Crippen LogP contribution in [0.3, 0.4) is 0 Å². The van der Waals surface area contributed by atoms with Crippen molar-refractivity contribution >= 4 is 40.1 Å². The molecule has 1 aromatic carbocycles. The van der Waals surface area contributed by atoms with Crippen molar-refractivity contribution in [1.29, 1.82) is 0 Å². The van der Waals surface area contributed by atoms with E-state index in [0.717, 1.165) is 15.6 Å². The van der Waals surface area contributed by atoms with E-state index in [1.54, 1.807) is 4.90 Å². The maximum absolute atomic E-state index is 12.0. The Labute approximate surface area is 115 Å². The molecule has 0 aliphatic rings. The standard InChI is InChI=1S/C12H15ClINO/c1-9(13)6-7-15(2)12(16)10-4-3-5-11(14)8-10/h3-5,8-9H,6-7H2,1-2H3. The van der Waals surface area contributed by atoms with Crippen molar-refractivity contribution in [1.82, 2.24) is 4.90 Å². The fraction of sp³-hybridized carbons (Fsp3) is 0.417. The van der Waals surface area contributed by atoms with Gasteiger partial charge in [0, 0.05) is 28.1 Å². The summed E-state index contributed by atoms with van der Waals surface area (Å²) in [4.78, 5) is 13.7. The van der Waals surface area contributed by atoms with Gasteiger partial charge in [-0.1, -0.05) is 6.07 Å². The minimum atomic E-state index is 0.0517. The SMILES string of the molecule is CC(Cl)CCN(C)C(=O)c1cccc(I)c1. The van der Waals surface area contributed by atoms with Crippen LogP contribution in [0, 0.1) is 3.57 Å². The minimum Gasteiger partial charge on any atom is -0.342 e. The summed E-state index contributed by atoms with van der Waals surface area (Å²) in [5.74, 6) is 0.0517. The van der Waals surface area contributed by atoms with Gasteiger partial charge in [-0.25, -0.2) is 0 Å². The molecule has 88 valence electrons. The summed E-state index contributed by atoms with van der Waals surface area (Å²) >= 11 is 8.06. The van der Waals surface area contributed by atoms with Crippen molar-refractivity contribution in [2.45, 2.75) is 18.7 Å². The molecule has 0 saturated carbocycles. The summed E-state index contributed by atoms with van der Waals surface area (Å²) in [5.41, 5.74) is 0.733. The van der Waals surface area contributed by atoms with E-state index in [1.165, 1.54) is 0 Å². The first-order chi connectivity index (χ1) is 7.50. The average molecular weight is 352 g/mol. The number of amides is 1. The normalized spacial score (nSPS) is 12.2. The van der Waals surface area contributed by atoms with E-state index in [9.17, 15) is 4.79 Å². The number of benzene rings is 1. The molecule has 1 atom stereocenters. The summed E-state index contributed by atoms with van der Waals surface area (Å²) in [6.07, 6.45) is 0.813. The second kappa shape index (κ2) is 6.45. The highest BCUT2D eigenvalue weighted by molar-refractivity contribution is 14.1. The predicted molar refractivity (Wildman–Crippen MR) is 76.1 cm³/mol. The van der Waals surface area contributed by atoms with E-state index >= 15 is 0 Å². The maximum atomic E-state index is 12.0. The number of rotatable bonds is 4. The lowest BCUT2D eigenvalue weighted by molar-refractivity contribution is 0.0793. The topological polar surface area (TPSA) is 20.3 Å². The average Bonchev–Trinajstić information content (AvgIpc) is 2.24. The lowest BCUT2D eigenvalue weighted by atomic mass is 10.2. The Morgan fingerprint density at radius 1 is 1.56 bits per heavy atom. The van der Waals surface area contributed by atoms with Crippen molar-refractivity contribution in [3.8, 4) is 0 Å². The molecule has 1 amide bonds. The van der Waals surface area contributed by atoms with Crippen LogP contribution in [0.1, 0.15) is 23.7 Å². The van der Waals surface area contributed by atoms with Gasteiger partial charge in [-0.05, 0) is 54.1 Å². The van der Waals surface area contributed by atoms with Crippen LogP contribution in [-0.4, -0.2) is 29.8 Å². The minimum absolute atomic E-state index is 0.0517. The molecule has 0 aliphatic heterocycles. The van der Waals surface area contributed by atoms with Crippen molar-refractivity contribution in [3.05, 3.63) is 33.4 Å². The number of carbonyl (C=O) groups is 1. The molecule has 16 heavy (non-hydrogen) atoms. The van der Waals surface area contributed by atoms with Crippen molar-refractivity contribution in [2.24, 2.45) is 0 Å². The van der Waals surface area contributed by atoms with Gasteiger partial charge >= 0.3 is 0 Å². The smallest absolute Gasteiger partial charge is 0.253 e. The number of alkyl halides is 1. The Morgan fingerprint density at radius 2 is 2.25 bits per heavy atom. The van der Waals surface area contributed by atoms with Gasteiger partial charge < -0.3 is 4.90 Å². The van der Waals surface area contributed by atoms with Crippen LogP contribution < -0.4 is 0 Å². The van der Waals surface area contributed by atoms with Crippen LogP contribution in [0.4, 0.5) is 0 Å². The van der Waals surface area contributed by atoms with Crippen LogP contribution in [-0.2, 0) is 0 Å². The molecule has 4 heteroatoms. The first kappa shape index (κ1) is 13.8. The molecule has 0 saturated heterocycles. The lowest BCUT2D eigenvalue weighted by Crippen LogP contribution is -2.28. The molecule has 2 nitrogen and oxygen atoms in total. The quantitative estimate of drug-likeness (QED) is 0.601. The van der Waals surface area contributed by atoms with Gasteiger partial charge in [-0.15, -0.1) is 11.6 Å². The first-order valence-electron chi connectivity index (χ1n) is 5.16. The predicted octanol–water partition coefficient (Wildman–Crippen LogP) is 3.38. The lowest BCUT2D eigenvalue weighted by Gasteiger charge is -2.17. The van der Waals surface area contributed by atoms with Gasteiger partial charge in [0.15, 0.2) is 0 Å². The van der Waals surface area contributed by atoms with Crippen LogP contribution in [0.2, 0.25) is 0 Å². The monoisotopic (exact) mass is 351 g/mol. The highest BCUT2D eigenvalue weighted by Crippen LogP contribution is 2.10. The Bertz CT molecular complexity index is 368. The fourth-order valence-electron chi connectivity index (χ4n) is 1.31. The second-order valence-corrected chi connectivity index (χ2v) is 5.80. The van der Waals surface area contributed by atoms with E-state index in [4.69, 9.17) is 11.6 Å². The Kier molecular flexibility index (Phi) is 5.55. The zero-order valence-corrected chi connectivity index (χ0v) is 12.3. The zero-order valence-electron chi connectivity index (χ0n) is 9.41. The number of halogens is 2. The van der Waals surface area contributed by atoms with E-state index in [1.807, 2.05) is 38.2 Å². The molecule has 0 spiro atoms. The van der Waals surface area contributed by atoms with Crippen molar-refractivity contribution < 1.29 is 4.79 Å². The van der Waals surface area contributed by atoms with E-state index in [2.05, 4.69) is 22.6 Å². The molecule has 0 N–H and O–H groups in total. The number of nitrogens with zero attached hydrogens (tertiary/aromatic N) is 1. The van der Waals surface area contributed by atoms with Crippen molar-refractivity contribution in [3.63, 3.8) is 0 Å². The Morgan fingerprint density at radius 3 is 2.81 bits per heavy atom. The largest absolute Gasteiger partial charge is 0.342 e. The van der Waals surface area contributed by atoms with Crippen LogP contribution in [0.25, 0.3) is 0 Å². The summed E-state index contributed by atoms with van der Waals surface area (Å²) < 4.78 is 1.07. The fourth-order valence-corrected chi connectivity index (χ4v) is 1.96. The molecule has 1 unspecified atom stereocenters. The van der Waals surface area contributed by atoms with Crippen LogP contribution in [0.5, 0.6) is 0 Å². The maximum Gasteiger partial charge on any atom is 0.253 e. The van der Waals surface area contributed by atoms with E-state index in [-0.39, 0.29) is 11.3 Å². The van der Waals surface area contributed by atoms with Crippen molar-refractivity contribution in [2.75, 3.05) is 13.6 Å². The summed E-state index contributed by atoms with van der Waals surface area (Å²) in [6.45, 7) is 2.63. The number of hydrogen-bond acceptors (Lipinski definition) is 1. The van der Waals surface area contributed by atoms with Crippen LogP contribution >= 0.6 is 34.2 Å². The summed E-state index contributed by atoms with van der Waals surface area (Å²) in [6, 6.07) is 7.60. The molecular formula is C12H15ClINO. The zero-order chi connectivity index (χ0) is 12.1. The molecule has 0 aliphatic carbocycles. The molecule has 0 bridgehead atoms. The van der Waals surface area contributed by atoms with E-state index in [0.29, 0.717) is 6.54 Å². The number of hydrogen-bond donors (Lipinski definition) is 0. The molecule has 0 heterocycles. The molecular weight excluding hydrogens is 336 g/mol. The summed E-state index contributed by atoms with van der Waals surface area (Å²) in [5, 5.41) is 0.103. The number of carbonyl (C=O) groups excluding carboxylic acids is 1. The van der Waals surface area contributed by atoms with Gasteiger partial charge in [-0.3, -0.25) is 4.79 Å². The summed E-state index contributed by atoms with van der Waals surface area (Å²) in [7, 11) is 1.81. The Hall–Kier alpha value is -0.290. The van der Waals surface area contributed by atoms with Gasteiger partial charge in [0.1, 0.15) is 0 Å². The van der Waals surface area contributed by atoms with Gasteiger partial charge in [0.05, 0.1) is 0 Å². The van der Waals surface area contributed by atoms with Gasteiger partial charge in [0.25, 0.3) is 5.91 Å². The van der Waals surface area contributed by atoms with Crippen LogP contribution in [0.15, 0.2) is 24.3 Å². The second-order valence-electron chi connectivity index (χ2n) is 3.81. The highest BCUT2D eigenvalue weighted by Gasteiger charge is 2.12. The van der Waals surface area contributed by atoms with E-state index < -0.39 is 0 Å². The highest BCUT2D eigenvalue weighted by atomic mass is 127. The van der Waals surface area contributed by atoms with Gasteiger partial charge in [-0.2, -0.15) is 0 Å². The van der Waals surface area contributed by atoms with Gasteiger partial charge in [0.2, 0.25) is 0 Å². The molecule has 0 fully saturated rings. The first-order valence-corrected chi connectivity index (χ1v) is 6.67. The molecule has 1 aromatic rings. The Balaban J connectivity index is 2.63. The third kappa shape index (κ3) is 4.29. The molecule has 0 aromatic heterocycles. The molecule has 1 rings (SSSR count).